The van der Waals surface area contributed by atoms with E-state index in [1.54, 1.807) is 6.20 Å². The standard InChI is InChI=1S/C11H15ClN4O/c1-15(11-9(12)7-13-8-14-11)5-6-16-4-2-3-10(16)17/h7-8H,2-6H2,1H3. The summed E-state index contributed by atoms with van der Waals surface area (Å²) >= 11 is 6.00. The smallest absolute Gasteiger partial charge is 0.222 e. The second-order valence-corrected chi connectivity index (χ2v) is 4.51. The van der Waals surface area contributed by atoms with Gasteiger partial charge < -0.3 is 9.80 Å². The Morgan fingerprint density at radius 3 is 3.06 bits per heavy atom. The van der Waals surface area contributed by atoms with E-state index in [0.29, 0.717) is 17.3 Å². The molecular formula is C11H15ClN4O. The Balaban J connectivity index is 1.91. The second-order valence-electron chi connectivity index (χ2n) is 4.10. The maximum Gasteiger partial charge on any atom is 0.222 e. The molecule has 0 unspecified atom stereocenters. The number of hydrogen-bond acceptors (Lipinski definition) is 4. The SMILES string of the molecule is CN(CCN1CCCC1=O)c1ncncc1Cl. The fourth-order valence-corrected chi connectivity index (χ4v) is 2.15. The molecule has 0 bridgehead atoms. The van der Waals surface area contributed by atoms with Gasteiger partial charge in [0.15, 0.2) is 5.82 Å². The van der Waals surface area contributed by atoms with Crippen molar-refractivity contribution in [1.82, 2.24) is 14.9 Å². The number of anilines is 1. The van der Waals surface area contributed by atoms with Crippen molar-refractivity contribution < 1.29 is 4.79 Å². The Labute approximate surface area is 105 Å². The molecule has 0 aliphatic carbocycles. The Kier molecular flexibility index (Phi) is 3.78. The quantitative estimate of drug-likeness (QED) is 0.810. The Morgan fingerprint density at radius 1 is 1.59 bits per heavy atom. The van der Waals surface area contributed by atoms with Gasteiger partial charge in [-0.25, -0.2) is 9.97 Å². The minimum Gasteiger partial charge on any atom is -0.357 e. The lowest BCUT2D eigenvalue weighted by Crippen LogP contribution is -2.34. The van der Waals surface area contributed by atoms with Crippen LogP contribution in [-0.2, 0) is 4.79 Å². The normalized spacial score (nSPS) is 15.4. The third-order valence-corrected chi connectivity index (χ3v) is 3.15. The summed E-state index contributed by atoms with van der Waals surface area (Å²) in [5.41, 5.74) is 0. The molecule has 1 aromatic rings. The van der Waals surface area contributed by atoms with Gasteiger partial charge in [0.1, 0.15) is 11.3 Å². The fourth-order valence-electron chi connectivity index (χ4n) is 1.90. The molecule has 5 nitrogen and oxygen atoms in total. The summed E-state index contributed by atoms with van der Waals surface area (Å²) in [5, 5.41) is 0.530. The van der Waals surface area contributed by atoms with Crippen LogP contribution in [0, 0.1) is 0 Å². The molecular weight excluding hydrogens is 240 g/mol. The highest BCUT2D eigenvalue weighted by Gasteiger charge is 2.20. The summed E-state index contributed by atoms with van der Waals surface area (Å²) in [7, 11) is 1.91. The zero-order chi connectivity index (χ0) is 12.3. The zero-order valence-corrected chi connectivity index (χ0v) is 10.5. The third-order valence-electron chi connectivity index (χ3n) is 2.89. The summed E-state index contributed by atoms with van der Waals surface area (Å²) in [5.74, 6) is 0.945. The van der Waals surface area contributed by atoms with Crippen LogP contribution in [0.25, 0.3) is 0 Å². The highest BCUT2D eigenvalue weighted by molar-refractivity contribution is 6.32. The van der Waals surface area contributed by atoms with Crippen molar-refractivity contribution in [2.75, 3.05) is 31.6 Å². The van der Waals surface area contributed by atoms with Crippen LogP contribution in [-0.4, -0.2) is 47.5 Å². The molecule has 2 rings (SSSR count). The van der Waals surface area contributed by atoms with E-state index in [2.05, 4.69) is 9.97 Å². The van der Waals surface area contributed by atoms with E-state index >= 15 is 0 Å². The first-order chi connectivity index (χ1) is 8.18. The van der Waals surface area contributed by atoms with Crippen molar-refractivity contribution in [3.63, 3.8) is 0 Å². The Morgan fingerprint density at radius 2 is 2.41 bits per heavy atom. The van der Waals surface area contributed by atoms with Crippen molar-refractivity contribution in [3.05, 3.63) is 17.5 Å². The molecule has 1 fully saturated rings. The number of aromatic nitrogens is 2. The second kappa shape index (κ2) is 5.31. The molecule has 1 saturated heterocycles. The molecule has 0 saturated carbocycles. The van der Waals surface area contributed by atoms with E-state index in [9.17, 15) is 4.79 Å². The molecule has 1 amide bonds. The van der Waals surface area contributed by atoms with Crippen molar-refractivity contribution in [2.45, 2.75) is 12.8 Å². The van der Waals surface area contributed by atoms with Gasteiger partial charge in [-0.1, -0.05) is 11.6 Å². The maximum atomic E-state index is 11.4. The van der Waals surface area contributed by atoms with Crippen molar-refractivity contribution in [2.24, 2.45) is 0 Å². The number of hydrogen-bond donors (Lipinski definition) is 0. The van der Waals surface area contributed by atoms with Gasteiger partial charge in [-0.15, -0.1) is 0 Å². The highest BCUT2D eigenvalue weighted by Crippen LogP contribution is 2.20. The van der Waals surface area contributed by atoms with Gasteiger partial charge in [-0.2, -0.15) is 0 Å². The number of likely N-dealkylation sites (tertiary alicyclic amines) is 1. The molecule has 0 atom stereocenters. The predicted molar refractivity (Wildman–Crippen MR) is 66.1 cm³/mol. The van der Waals surface area contributed by atoms with Crippen LogP contribution in [0.4, 0.5) is 5.82 Å². The molecule has 6 heteroatoms. The molecule has 0 spiro atoms. The number of carbonyl (C=O) groups is 1. The van der Waals surface area contributed by atoms with Gasteiger partial charge in [0.25, 0.3) is 0 Å². The molecule has 0 N–H and O–H groups in total. The summed E-state index contributed by atoms with van der Waals surface area (Å²) in [6, 6.07) is 0. The molecule has 2 heterocycles. The van der Waals surface area contributed by atoms with Gasteiger partial charge in [-0.05, 0) is 6.42 Å². The number of likely N-dealkylation sites (N-methyl/N-ethyl adjacent to an activating group) is 1. The minimum atomic E-state index is 0.243. The molecule has 92 valence electrons. The lowest BCUT2D eigenvalue weighted by Gasteiger charge is -2.22. The number of amides is 1. The van der Waals surface area contributed by atoms with Gasteiger partial charge >= 0.3 is 0 Å². The first-order valence-corrected chi connectivity index (χ1v) is 6.00. The number of rotatable bonds is 4. The van der Waals surface area contributed by atoms with Crippen LogP contribution in [0.5, 0.6) is 0 Å². The lowest BCUT2D eigenvalue weighted by atomic mass is 10.4. The number of carbonyl (C=O) groups excluding carboxylic acids is 1. The Hall–Kier alpha value is -1.36. The van der Waals surface area contributed by atoms with Crippen LogP contribution < -0.4 is 4.90 Å². The molecule has 1 aliphatic rings. The Bertz CT molecular complexity index is 412. The van der Waals surface area contributed by atoms with Gasteiger partial charge in [0.2, 0.25) is 5.91 Å². The summed E-state index contributed by atoms with van der Waals surface area (Å²) in [6.07, 6.45) is 4.69. The third kappa shape index (κ3) is 2.85. The fraction of sp³-hybridized carbons (Fsp3) is 0.545. The molecule has 1 aromatic heterocycles. The largest absolute Gasteiger partial charge is 0.357 e. The van der Waals surface area contributed by atoms with Crippen LogP contribution in [0.3, 0.4) is 0 Å². The maximum absolute atomic E-state index is 11.4. The average molecular weight is 255 g/mol. The molecule has 17 heavy (non-hydrogen) atoms. The van der Waals surface area contributed by atoms with Crippen molar-refractivity contribution >= 4 is 23.3 Å². The van der Waals surface area contributed by atoms with Crippen molar-refractivity contribution in [3.8, 4) is 0 Å². The molecule has 0 aromatic carbocycles. The molecule has 1 aliphatic heterocycles. The van der Waals surface area contributed by atoms with Crippen molar-refractivity contribution in [1.29, 1.82) is 0 Å². The van der Waals surface area contributed by atoms with Crippen LogP contribution in [0.2, 0.25) is 5.02 Å². The van der Waals surface area contributed by atoms with Crippen LogP contribution >= 0.6 is 11.6 Å². The highest BCUT2D eigenvalue weighted by atomic mass is 35.5. The van der Waals surface area contributed by atoms with E-state index in [1.807, 2.05) is 16.8 Å². The minimum absolute atomic E-state index is 0.243. The van der Waals surface area contributed by atoms with E-state index < -0.39 is 0 Å². The van der Waals surface area contributed by atoms with Gasteiger partial charge in [0, 0.05) is 33.1 Å². The summed E-state index contributed by atoms with van der Waals surface area (Å²) in [6.45, 7) is 2.31. The monoisotopic (exact) mass is 254 g/mol. The van der Waals surface area contributed by atoms with Gasteiger partial charge in [-0.3, -0.25) is 4.79 Å². The van der Waals surface area contributed by atoms with Gasteiger partial charge in [0.05, 0.1) is 6.20 Å². The topological polar surface area (TPSA) is 49.3 Å². The predicted octanol–water partition coefficient (Wildman–Crippen LogP) is 1.19. The van der Waals surface area contributed by atoms with E-state index in [0.717, 1.165) is 26.1 Å². The lowest BCUT2D eigenvalue weighted by molar-refractivity contribution is -0.127. The number of halogens is 1. The van der Waals surface area contributed by atoms with Crippen LogP contribution in [0.1, 0.15) is 12.8 Å². The zero-order valence-electron chi connectivity index (χ0n) is 9.77. The van der Waals surface area contributed by atoms with E-state index in [-0.39, 0.29) is 5.91 Å². The van der Waals surface area contributed by atoms with E-state index in [1.165, 1.54) is 6.33 Å². The van der Waals surface area contributed by atoms with E-state index in [4.69, 9.17) is 11.6 Å². The van der Waals surface area contributed by atoms with Crippen LogP contribution in [0.15, 0.2) is 12.5 Å². The first-order valence-electron chi connectivity index (χ1n) is 5.63. The average Bonchev–Trinajstić information content (AvgIpc) is 2.72. The summed E-state index contributed by atoms with van der Waals surface area (Å²) in [4.78, 5) is 23.2. The molecule has 0 radical (unpaired) electrons. The number of nitrogens with zero attached hydrogens (tertiary/aromatic N) is 4. The summed E-state index contributed by atoms with van der Waals surface area (Å²) < 4.78 is 0. The first kappa shape index (κ1) is 12.1.